The molecule has 0 aromatic heterocycles. The lowest BCUT2D eigenvalue weighted by atomic mass is 10.1. The van der Waals surface area contributed by atoms with Crippen molar-refractivity contribution in [1.29, 1.82) is 0 Å². The number of nitrogens with zero attached hydrogens (tertiary/aromatic N) is 2. The van der Waals surface area contributed by atoms with Crippen molar-refractivity contribution < 1.29 is 4.74 Å². The van der Waals surface area contributed by atoms with Crippen molar-refractivity contribution in [3.8, 4) is 5.75 Å². The Morgan fingerprint density at radius 2 is 1.29 bits per heavy atom. The van der Waals surface area contributed by atoms with E-state index in [1.807, 2.05) is 6.07 Å². The Kier molecular flexibility index (Phi) is 5.31. The van der Waals surface area contributed by atoms with Gasteiger partial charge in [0.25, 0.3) is 0 Å². The van der Waals surface area contributed by atoms with Crippen LogP contribution in [0.1, 0.15) is 22.9 Å². The molecule has 3 aromatic carbocycles. The molecule has 0 unspecified atom stereocenters. The molecule has 3 nitrogen and oxygen atoms in total. The number of hydrogen-bond acceptors (Lipinski definition) is 3. The Balaban J connectivity index is 1.77. The van der Waals surface area contributed by atoms with E-state index in [-0.39, 0.29) is 6.17 Å². The van der Waals surface area contributed by atoms with Gasteiger partial charge in [0.1, 0.15) is 11.9 Å². The van der Waals surface area contributed by atoms with Crippen LogP contribution in [0.5, 0.6) is 5.75 Å². The third-order valence-corrected chi connectivity index (χ3v) is 6.00. The van der Waals surface area contributed by atoms with Crippen molar-refractivity contribution in [1.82, 2.24) is 0 Å². The van der Waals surface area contributed by atoms with E-state index >= 15 is 0 Å². The lowest BCUT2D eigenvalue weighted by molar-refractivity contribution is 0.412. The van der Waals surface area contributed by atoms with Gasteiger partial charge in [0.05, 0.1) is 11.6 Å². The van der Waals surface area contributed by atoms with Gasteiger partial charge in [-0.3, -0.25) is 0 Å². The first-order valence-corrected chi connectivity index (χ1v) is 10.4. The van der Waals surface area contributed by atoms with Crippen LogP contribution < -0.4 is 14.5 Å². The predicted octanol–water partition coefficient (Wildman–Crippen LogP) is 6.10. The van der Waals surface area contributed by atoms with Crippen LogP contribution in [0, 0.1) is 13.8 Å². The van der Waals surface area contributed by atoms with E-state index in [9.17, 15) is 0 Å². The largest absolute Gasteiger partial charge is 0.496 e. The third-order valence-electron chi connectivity index (χ3n) is 5.38. The lowest BCUT2D eigenvalue weighted by Gasteiger charge is -2.33. The van der Waals surface area contributed by atoms with Crippen LogP contribution in [0.3, 0.4) is 0 Å². The second-order valence-corrected chi connectivity index (χ2v) is 8.18. The third kappa shape index (κ3) is 3.61. The zero-order valence-electron chi connectivity index (χ0n) is 16.5. The maximum absolute atomic E-state index is 5.44. The van der Waals surface area contributed by atoms with Crippen LogP contribution in [-0.4, -0.2) is 20.2 Å². The molecule has 1 saturated heterocycles. The van der Waals surface area contributed by atoms with Crippen molar-refractivity contribution in [2.24, 2.45) is 0 Å². The zero-order valence-corrected chi connectivity index (χ0v) is 18.1. The number of methoxy groups -OCH3 is 1. The summed E-state index contributed by atoms with van der Waals surface area (Å²) >= 11 is 3.66. The zero-order chi connectivity index (χ0) is 19.7. The summed E-state index contributed by atoms with van der Waals surface area (Å²) in [6.07, 6.45) is 0.132. The minimum Gasteiger partial charge on any atom is -0.496 e. The number of hydrogen-bond donors (Lipinski definition) is 0. The Bertz CT molecular complexity index is 900. The van der Waals surface area contributed by atoms with Crippen LogP contribution in [0.4, 0.5) is 11.4 Å². The molecule has 1 aliphatic rings. The van der Waals surface area contributed by atoms with Gasteiger partial charge in [-0.05, 0) is 71.7 Å². The fourth-order valence-electron chi connectivity index (χ4n) is 3.84. The molecule has 0 aliphatic carbocycles. The summed E-state index contributed by atoms with van der Waals surface area (Å²) in [5.41, 5.74) is 6.30. The number of aryl methyl sites for hydroxylation is 2. The first-order chi connectivity index (χ1) is 13.6. The molecule has 1 aliphatic heterocycles. The fourth-order valence-corrected chi connectivity index (χ4v) is 4.40. The quantitative estimate of drug-likeness (QED) is 0.491. The van der Waals surface area contributed by atoms with Gasteiger partial charge in [-0.2, -0.15) is 0 Å². The topological polar surface area (TPSA) is 15.7 Å². The Labute approximate surface area is 175 Å². The van der Waals surface area contributed by atoms with Crippen molar-refractivity contribution in [2.75, 3.05) is 30.0 Å². The van der Waals surface area contributed by atoms with Crippen molar-refractivity contribution in [3.63, 3.8) is 0 Å². The molecule has 0 atom stereocenters. The van der Waals surface area contributed by atoms with Gasteiger partial charge >= 0.3 is 0 Å². The smallest absolute Gasteiger partial charge is 0.133 e. The standard InChI is InChI=1S/C24H25BrN2O/c1-17-4-9-20(10-5-17)26-14-15-27(21-11-6-18(2)7-12-21)24(26)19-8-13-23(28-3)22(25)16-19/h4-13,16,24H,14-15H2,1-3H3. The molecule has 0 saturated carbocycles. The van der Waals surface area contributed by atoms with Crippen molar-refractivity contribution in [2.45, 2.75) is 20.0 Å². The molecule has 28 heavy (non-hydrogen) atoms. The highest BCUT2D eigenvalue weighted by atomic mass is 79.9. The van der Waals surface area contributed by atoms with Crippen molar-refractivity contribution in [3.05, 3.63) is 87.9 Å². The maximum Gasteiger partial charge on any atom is 0.133 e. The van der Waals surface area contributed by atoms with Crippen LogP contribution in [-0.2, 0) is 0 Å². The molecule has 1 fully saturated rings. The second kappa shape index (κ2) is 7.88. The summed E-state index contributed by atoms with van der Waals surface area (Å²) in [5, 5.41) is 0. The molecule has 144 valence electrons. The molecule has 0 N–H and O–H groups in total. The lowest BCUT2D eigenvalue weighted by Crippen LogP contribution is -2.31. The van der Waals surface area contributed by atoms with Gasteiger partial charge in [-0.1, -0.05) is 41.5 Å². The molecular formula is C24H25BrN2O. The second-order valence-electron chi connectivity index (χ2n) is 7.33. The van der Waals surface area contributed by atoms with E-state index in [0.717, 1.165) is 23.3 Å². The van der Waals surface area contributed by atoms with E-state index in [1.165, 1.54) is 28.1 Å². The van der Waals surface area contributed by atoms with E-state index in [1.54, 1.807) is 7.11 Å². The highest BCUT2D eigenvalue weighted by Crippen LogP contribution is 2.39. The highest BCUT2D eigenvalue weighted by Gasteiger charge is 2.34. The number of ether oxygens (including phenoxy) is 1. The van der Waals surface area contributed by atoms with Gasteiger partial charge in [0.15, 0.2) is 0 Å². The number of benzene rings is 3. The average molecular weight is 437 g/mol. The summed E-state index contributed by atoms with van der Waals surface area (Å²) in [7, 11) is 1.70. The van der Waals surface area contributed by atoms with Gasteiger partial charge in [-0.15, -0.1) is 0 Å². The van der Waals surface area contributed by atoms with E-state index in [4.69, 9.17) is 4.74 Å². The monoisotopic (exact) mass is 436 g/mol. The number of halogens is 1. The summed E-state index contributed by atoms with van der Waals surface area (Å²) in [6.45, 7) is 6.21. The van der Waals surface area contributed by atoms with E-state index in [2.05, 4.69) is 100 Å². The van der Waals surface area contributed by atoms with Gasteiger partial charge in [0.2, 0.25) is 0 Å². The Morgan fingerprint density at radius 1 is 0.786 bits per heavy atom. The van der Waals surface area contributed by atoms with Gasteiger partial charge in [-0.25, -0.2) is 0 Å². The van der Waals surface area contributed by atoms with Crippen LogP contribution in [0.15, 0.2) is 71.2 Å². The van der Waals surface area contributed by atoms with E-state index in [0.29, 0.717) is 0 Å². The molecular weight excluding hydrogens is 412 g/mol. The Morgan fingerprint density at radius 3 is 1.71 bits per heavy atom. The van der Waals surface area contributed by atoms with Gasteiger partial charge in [0, 0.05) is 24.5 Å². The molecule has 0 spiro atoms. The van der Waals surface area contributed by atoms with Crippen molar-refractivity contribution >= 4 is 27.3 Å². The molecule has 4 heteroatoms. The predicted molar refractivity (Wildman–Crippen MR) is 120 cm³/mol. The molecule has 0 amide bonds. The van der Waals surface area contributed by atoms with Crippen LogP contribution in [0.2, 0.25) is 0 Å². The number of anilines is 2. The van der Waals surface area contributed by atoms with Gasteiger partial charge < -0.3 is 14.5 Å². The minimum atomic E-state index is 0.132. The molecule has 1 heterocycles. The van der Waals surface area contributed by atoms with E-state index < -0.39 is 0 Å². The van der Waals surface area contributed by atoms with Crippen LogP contribution >= 0.6 is 15.9 Å². The fraction of sp³-hybridized carbons (Fsp3) is 0.250. The highest BCUT2D eigenvalue weighted by molar-refractivity contribution is 9.10. The summed E-state index contributed by atoms with van der Waals surface area (Å²) in [6, 6.07) is 24.0. The first kappa shape index (κ1) is 18.9. The average Bonchev–Trinajstić information content (AvgIpc) is 3.14. The Hall–Kier alpha value is -2.46. The molecule has 0 radical (unpaired) electrons. The number of rotatable bonds is 4. The molecule has 3 aromatic rings. The summed E-state index contributed by atoms with van der Waals surface area (Å²) < 4.78 is 6.42. The van der Waals surface area contributed by atoms with Crippen LogP contribution in [0.25, 0.3) is 0 Å². The SMILES string of the molecule is COc1ccc(C2N(c3ccc(C)cc3)CCN2c2ccc(C)cc2)cc1Br. The summed E-state index contributed by atoms with van der Waals surface area (Å²) in [4.78, 5) is 4.96. The summed E-state index contributed by atoms with van der Waals surface area (Å²) in [5.74, 6) is 0.852. The normalized spacial score (nSPS) is 14.6. The first-order valence-electron chi connectivity index (χ1n) is 9.57. The maximum atomic E-state index is 5.44. The molecule has 4 rings (SSSR count). The minimum absolute atomic E-state index is 0.132. The molecule has 0 bridgehead atoms.